The molecular weight excluding hydrogens is 214 g/mol. The predicted molar refractivity (Wildman–Crippen MR) is 63.1 cm³/mol. The van der Waals surface area contributed by atoms with E-state index in [1.165, 1.54) is 28.8 Å². The molecule has 1 aliphatic carbocycles. The van der Waals surface area contributed by atoms with Crippen molar-refractivity contribution in [3.8, 4) is 0 Å². The molecule has 1 nitrogen and oxygen atoms in total. The maximum Gasteiger partial charge on any atom is 0.0979 e. The Balaban J connectivity index is 2.48. The van der Waals surface area contributed by atoms with Crippen molar-refractivity contribution in [2.75, 3.05) is 0 Å². The summed E-state index contributed by atoms with van der Waals surface area (Å²) in [5.74, 6) is 1.42. The van der Waals surface area contributed by atoms with Crippen molar-refractivity contribution >= 4 is 22.9 Å². The number of thiophene rings is 1. The molecule has 0 saturated heterocycles. The fourth-order valence-corrected chi connectivity index (χ4v) is 4.33. The molecule has 2 atom stereocenters. The molecule has 1 aromatic heterocycles. The van der Waals surface area contributed by atoms with Crippen molar-refractivity contribution in [2.45, 2.75) is 39.2 Å². The van der Waals surface area contributed by atoms with Crippen molar-refractivity contribution in [3.63, 3.8) is 0 Å². The molecule has 0 radical (unpaired) electrons. The van der Waals surface area contributed by atoms with Gasteiger partial charge >= 0.3 is 0 Å². The molecule has 1 aliphatic rings. The Morgan fingerprint density at radius 3 is 2.86 bits per heavy atom. The highest BCUT2D eigenvalue weighted by Crippen LogP contribution is 2.44. The van der Waals surface area contributed by atoms with E-state index in [-0.39, 0.29) is 0 Å². The summed E-state index contributed by atoms with van der Waals surface area (Å²) in [5, 5.41) is 0. The van der Waals surface area contributed by atoms with E-state index in [1.54, 1.807) is 11.3 Å². The first-order valence-corrected chi connectivity index (χ1v) is 6.33. The number of hydrogen-bond donors (Lipinski definition) is 1. The molecule has 2 unspecified atom stereocenters. The Bertz CT molecular complexity index is 345. The van der Waals surface area contributed by atoms with Crippen molar-refractivity contribution in [3.05, 3.63) is 20.3 Å². The van der Waals surface area contributed by atoms with Gasteiger partial charge in [0.2, 0.25) is 0 Å². The van der Waals surface area contributed by atoms with E-state index in [4.69, 9.17) is 17.3 Å². The van der Waals surface area contributed by atoms with Gasteiger partial charge in [0.15, 0.2) is 0 Å². The third-order valence-electron chi connectivity index (χ3n) is 3.06. The van der Waals surface area contributed by atoms with Gasteiger partial charge in [-0.25, -0.2) is 0 Å². The number of rotatable bonds is 1. The van der Waals surface area contributed by atoms with Gasteiger partial charge in [0, 0.05) is 11.4 Å². The van der Waals surface area contributed by atoms with Crippen LogP contribution in [0.5, 0.6) is 0 Å². The first kappa shape index (κ1) is 10.5. The van der Waals surface area contributed by atoms with Crippen LogP contribution in [0.15, 0.2) is 0 Å². The van der Waals surface area contributed by atoms with E-state index < -0.39 is 0 Å². The van der Waals surface area contributed by atoms with Crippen LogP contribution < -0.4 is 5.73 Å². The van der Waals surface area contributed by atoms with Crippen LogP contribution in [0.1, 0.15) is 42.2 Å². The van der Waals surface area contributed by atoms with E-state index in [9.17, 15) is 0 Å². The van der Waals surface area contributed by atoms with Crippen molar-refractivity contribution in [1.82, 2.24) is 0 Å². The van der Waals surface area contributed by atoms with Crippen molar-refractivity contribution < 1.29 is 0 Å². The van der Waals surface area contributed by atoms with Gasteiger partial charge in [-0.1, -0.05) is 25.4 Å². The lowest BCUT2D eigenvalue weighted by molar-refractivity contribution is 0.453. The fraction of sp³-hybridized carbons (Fsp3) is 0.636. The quantitative estimate of drug-likeness (QED) is 0.783. The van der Waals surface area contributed by atoms with Gasteiger partial charge in [-0.05, 0) is 35.8 Å². The second-order valence-corrected chi connectivity index (χ2v) is 6.05. The molecule has 0 fully saturated rings. The van der Waals surface area contributed by atoms with E-state index in [2.05, 4.69) is 13.8 Å². The molecule has 0 spiro atoms. The minimum absolute atomic E-state index is 0.587. The largest absolute Gasteiger partial charge is 0.326 e. The minimum Gasteiger partial charge on any atom is -0.326 e. The Morgan fingerprint density at radius 1 is 1.50 bits per heavy atom. The van der Waals surface area contributed by atoms with Gasteiger partial charge < -0.3 is 5.73 Å². The SMILES string of the molecule is CC1Cc2sc(Cl)c(CN)c2C(C)C1. The summed E-state index contributed by atoms with van der Waals surface area (Å²) < 4.78 is 0.915. The first-order chi connectivity index (χ1) is 6.63. The van der Waals surface area contributed by atoms with Crippen LogP contribution in [0.25, 0.3) is 0 Å². The van der Waals surface area contributed by atoms with Crippen LogP contribution >= 0.6 is 22.9 Å². The van der Waals surface area contributed by atoms with Gasteiger partial charge in [-0.2, -0.15) is 0 Å². The standard InChI is InChI=1S/C11H16ClNS/c1-6-3-7(2)10-8(5-13)11(12)14-9(10)4-6/h6-7H,3-5,13H2,1-2H3. The second-order valence-electron chi connectivity index (χ2n) is 4.34. The predicted octanol–water partition coefficient (Wildman–Crippen LogP) is 3.55. The highest BCUT2D eigenvalue weighted by Gasteiger charge is 2.27. The van der Waals surface area contributed by atoms with Gasteiger partial charge in [-0.15, -0.1) is 11.3 Å². The van der Waals surface area contributed by atoms with Crippen LogP contribution in [0.2, 0.25) is 4.34 Å². The van der Waals surface area contributed by atoms with Gasteiger partial charge in [-0.3, -0.25) is 0 Å². The molecule has 0 aromatic carbocycles. The third kappa shape index (κ3) is 1.60. The molecule has 14 heavy (non-hydrogen) atoms. The van der Waals surface area contributed by atoms with Crippen LogP contribution in [-0.2, 0) is 13.0 Å². The maximum atomic E-state index is 6.19. The normalized spacial score (nSPS) is 26.3. The van der Waals surface area contributed by atoms with Crippen molar-refractivity contribution in [1.29, 1.82) is 0 Å². The Kier molecular flexibility index (Phi) is 2.87. The minimum atomic E-state index is 0.587. The molecule has 1 heterocycles. The monoisotopic (exact) mass is 229 g/mol. The lowest BCUT2D eigenvalue weighted by Crippen LogP contribution is -2.14. The van der Waals surface area contributed by atoms with E-state index in [1.807, 2.05) is 0 Å². The lowest BCUT2D eigenvalue weighted by Gasteiger charge is -2.25. The summed E-state index contributed by atoms with van der Waals surface area (Å²) >= 11 is 7.92. The van der Waals surface area contributed by atoms with Crippen molar-refractivity contribution in [2.24, 2.45) is 11.7 Å². The molecule has 78 valence electrons. The summed E-state index contributed by atoms with van der Waals surface area (Å²) in [5.41, 5.74) is 8.40. The highest BCUT2D eigenvalue weighted by molar-refractivity contribution is 7.16. The summed E-state index contributed by atoms with van der Waals surface area (Å²) in [4.78, 5) is 1.47. The average molecular weight is 230 g/mol. The fourth-order valence-electron chi connectivity index (χ4n) is 2.53. The topological polar surface area (TPSA) is 26.0 Å². The summed E-state index contributed by atoms with van der Waals surface area (Å²) in [7, 11) is 0. The van der Waals surface area contributed by atoms with Crippen LogP contribution in [0.3, 0.4) is 0 Å². The number of hydrogen-bond acceptors (Lipinski definition) is 2. The third-order valence-corrected chi connectivity index (χ3v) is 4.58. The van der Waals surface area contributed by atoms with Gasteiger partial charge in [0.1, 0.15) is 0 Å². The molecule has 2 N–H and O–H groups in total. The van der Waals surface area contributed by atoms with Gasteiger partial charge in [0.25, 0.3) is 0 Å². The zero-order valence-corrected chi connectivity index (χ0v) is 10.2. The Morgan fingerprint density at radius 2 is 2.21 bits per heavy atom. The highest BCUT2D eigenvalue weighted by atomic mass is 35.5. The number of fused-ring (bicyclic) bond motifs is 1. The van der Waals surface area contributed by atoms with E-state index in [0.29, 0.717) is 12.5 Å². The molecule has 3 heteroatoms. The summed E-state index contributed by atoms with van der Waals surface area (Å²) in [6.45, 7) is 5.19. The molecule has 2 rings (SSSR count). The second kappa shape index (κ2) is 3.84. The summed E-state index contributed by atoms with van der Waals surface area (Å²) in [6.07, 6.45) is 2.46. The first-order valence-electron chi connectivity index (χ1n) is 5.13. The van der Waals surface area contributed by atoms with Crippen LogP contribution in [-0.4, -0.2) is 0 Å². The molecule has 0 amide bonds. The Hall–Kier alpha value is -0.0500. The van der Waals surface area contributed by atoms with Crippen LogP contribution in [0, 0.1) is 5.92 Å². The summed E-state index contributed by atoms with van der Waals surface area (Å²) in [6, 6.07) is 0. The molecule has 0 saturated carbocycles. The van der Waals surface area contributed by atoms with E-state index >= 15 is 0 Å². The zero-order chi connectivity index (χ0) is 10.3. The van der Waals surface area contributed by atoms with Gasteiger partial charge in [0.05, 0.1) is 4.34 Å². The molecular formula is C11H16ClNS. The number of halogens is 1. The lowest BCUT2D eigenvalue weighted by atomic mass is 9.81. The maximum absolute atomic E-state index is 6.19. The zero-order valence-electron chi connectivity index (χ0n) is 8.64. The molecule has 0 bridgehead atoms. The average Bonchev–Trinajstić information content (AvgIpc) is 2.40. The Labute approximate surface area is 94.3 Å². The van der Waals surface area contributed by atoms with E-state index in [0.717, 1.165) is 10.3 Å². The molecule has 1 aromatic rings. The smallest absolute Gasteiger partial charge is 0.0979 e. The van der Waals surface area contributed by atoms with Crippen LogP contribution in [0.4, 0.5) is 0 Å². The number of nitrogens with two attached hydrogens (primary N) is 1. The molecule has 0 aliphatic heterocycles.